The van der Waals surface area contributed by atoms with E-state index in [1.54, 1.807) is 0 Å². The molecule has 0 bridgehead atoms. The van der Waals surface area contributed by atoms with E-state index < -0.39 is 15.9 Å². The van der Waals surface area contributed by atoms with Gasteiger partial charge in [-0.05, 0) is 6.42 Å². The van der Waals surface area contributed by atoms with Gasteiger partial charge in [0.1, 0.15) is 0 Å². The summed E-state index contributed by atoms with van der Waals surface area (Å²) in [5.41, 5.74) is 5.53. The molecular weight excluding hydrogens is 232 g/mol. The van der Waals surface area contributed by atoms with Gasteiger partial charge >= 0.3 is 6.09 Å². The lowest BCUT2D eigenvalue weighted by atomic mass is 10.1. The van der Waals surface area contributed by atoms with E-state index in [1.165, 1.54) is 4.90 Å². The first kappa shape index (κ1) is 11.7. The number of nitrogens with zero attached hydrogens (tertiary/aromatic N) is 1. The van der Waals surface area contributed by atoms with Crippen LogP contribution in [0, 0.1) is 5.92 Å². The van der Waals surface area contributed by atoms with Crippen molar-refractivity contribution >= 4 is 15.9 Å². The van der Waals surface area contributed by atoms with Gasteiger partial charge in [-0.25, -0.2) is 13.2 Å². The highest BCUT2D eigenvalue weighted by molar-refractivity contribution is 7.91. The molecule has 2 aliphatic heterocycles. The van der Waals surface area contributed by atoms with Gasteiger partial charge in [0.05, 0.1) is 18.1 Å². The minimum atomic E-state index is -2.97. The fourth-order valence-electron chi connectivity index (χ4n) is 2.14. The predicted octanol–water partition coefficient (Wildman–Crippen LogP) is -0.799. The normalized spacial score (nSPS) is 33.8. The average Bonchev–Trinajstić information content (AvgIpc) is 2.59. The van der Waals surface area contributed by atoms with Crippen molar-refractivity contribution in [3.63, 3.8) is 0 Å². The summed E-state index contributed by atoms with van der Waals surface area (Å²) >= 11 is 0. The van der Waals surface area contributed by atoms with Crippen LogP contribution in [0.15, 0.2) is 0 Å². The van der Waals surface area contributed by atoms with Crippen LogP contribution in [-0.2, 0) is 14.6 Å². The highest BCUT2D eigenvalue weighted by Gasteiger charge is 2.38. The summed E-state index contributed by atoms with van der Waals surface area (Å²) in [4.78, 5) is 13.0. The molecule has 92 valence electrons. The number of hydrogen-bond acceptors (Lipinski definition) is 5. The standard InChI is InChI=1S/C9H16N2O4S/c10-3-7-4-11(9(12)15-5-7)8-1-2-16(13,14)6-8/h7-8H,1-6,10H2. The van der Waals surface area contributed by atoms with Gasteiger partial charge in [0.25, 0.3) is 0 Å². The van der Waals surface area contributed by atoms with Crippen LogP contribution in [0.1, 0.15) is 6.42 Å². The van der Waals surface area contributed by atoms with Crippen molar-refractivity contribution in [3.05, 3.63) is 0 Å². The first-order valence-corrected chi connectivity index (χ1v) is 7.18. The van der Waals surface area contributed by atoms with E-state index in [-0.39, 0.29) is 23.5 Å². The quantitative estimate of drug-likeness (QED) is 0.691. The molecule has 0 aromatic carbocycles. The highest BCUT2D eigenvalue weighted by atomic mass is 32.2. The molecule has 2 atom stereocenters. The second-order valence-corrected chi connectivity index (χ2v) is 6.62. The molecule has 2 fully saturated rings. The third kappa shape index (κ3) is 2.30. The van der Waals surface area contributed by atoms with Crippen molar-refractivity contribution in [2.24, 2.45) is 11.7 Å². The minimum Gasteiger partial charge on any atom is -0.449 e. The van der Waals surface area contributed by atoms with E-state index in [1.807, 2.05) is 0 Å². The predicted molar refractivity (Wildman–Crippen MR) is 57.7 cm³/mol. The van der Waals surface area contributed by atoms with Crippen LogP contribution in [-0.4, -0.2) is 56.7 Å². The molecule has 7 heteroatoms. The number of cyclic esters (lactones) is 1. The number of carbonyl (C=O) groups excluding carboxylic acids is 1. The summed E-state index contributed by atoms with van der Waals surface area (Å²) in [6, 6.07) is -0.230. The van der Waals surface area contributed by atoms with E-state index in [2.05, 4.69) is 0 Å². The average molecular weight is 248 g/mol. The Morgan fingerprint density at radius 1 is 1.50 bits per heavy atom. The molecule has 1 amide bonds. The third-order valence-corrected chi connectivity index (χ3v) is 4.86. The van der Waals surface area contributed by atoms with Crippen molar-refractivity contribution in [3.8, 4) is 0 Å². The van der Waals surface area contributed by atoms with Crippen molar-refractivity contribution in [2.45, 2.75) is 12.5 Å². The van der Waals surface area contributed by atoms with E-state index in [0.29, 0.717) is 26.1 Å². The maximum atomic E-state index is 11.5. The van der Waals surface area contributed by atoms with Gasteiger partial charge in [-0.15, -0.1) is 0 Å². The number of nitrogens with two attached hydrogens (primary N) is 1. The first-order valence-electron chi connectivity index (χ1n) is 5.36. The van der Waals surface area contributed by atoms with Crippen molar-refractivity contribution in [1.82, 2.24) is 4.90 Å². The van der Waals surface area contributed by atoms with Crippen molar-refractivity contribution in [1.29, 1.82) is 0 Å². The summed E-state index contributed by atoms with van der Waals surface area (Å²) in [6.07, 6.45) is 0.0983. The van der Waals surface area contributed by atoms with Gasteiger partial charge in [-0.3, -0.25) is 0 Å². The maximum absolute atomic E-state index is 11.5. The van der Waals surface area contributed by atoms with Crippen LogP contribution in [0.2, 0.25) is 0 Å². The molecule has 0 aliphatic carbocycles. The van der Waals surface area contributed by atoms with Crippen molar-refractivity contribution < 1.29 is 17.9 Å². The van der Waals surface area contributed by atoms with Gasteiger partial charge in [0.2, 0.25) is 0 Å². The molecule has 0 saturated carbocycles. The Kier molecular flexibility index (Phi) is 3.07. The number of hydrogen-bond donors (Lipinski definition) is 1. The molecule has 2 heterocycles. The molecule has 0 radical (unpaired) electrons. The monoisotopic (exact) mass is 248 g/mol. The largest absolute Gasteiger partial charge is 0.449 e. The Morgan fingerprint density at radius 3 is 2.81 bits per heavy atom. The number of sulfone groups is 1. The summed E-state index contributed by atoms with van der Waals surface area (Å²) in [6.45, 7) is 1.30. The van der Waals surface area contributed by atoms with E-state index in [0.717, 1.165) is 0 Å². The van der Waals surface area contributed by atoms with E-state index in [9.17, 15) is 13.2 Å². The molecule has 6 nitrogen and oxygen atoms in total. The lowest BCUT2D eigenvalue weighted by molar-refractivity contribution is 0.0325. The minimum absolute atomic E-state index is 0.0550. The molecule has 16 heavy (non-hydrogen) atoms. The third-order valence-electron chi connectivity index (χ3n) is 3.11. The summed E-state index contributed by atoms with van der Waals surface area (Å²) in [7, 11) is -2.97. The van der Waals surface area contributed by atoms with Gasteiger partial charge in [-0.2, -0.15) is 0 Å². The Balaban J connectivity index is 2.05. The van der Waals surface area contributed by atoms with Gasteiger partial charge in [0, 0.05) is 25.0 Å². The number of ether oxygens (including phenoxy) is 1. The van der Waals surface area contributed by atoms with Crippen LogP contribution < -0.4 is 5.73 Å². The fourth-order valence-corrected chi connectivity index (χ4v) is 3.87. The molecule has 2 N–H and O–H groups in total. The number of carbonyl (C=O) groups is 1. The van der Waals surface area contributed by atoms with Crippen LogP contribution in [0.5, 0.6) is 0 Å². The Hall–Kier alpha value is -0.820. The smallest absolute Gasteiger partial charge is 0.410 e. The number of amides is 1. The Morgan fingerprint density at radius 2 is 2.25 bits per heavy atom. The zero-order valence-electron chi connectivity index (χ0n) is 8.96. The van der Waals surface area contributed by atoms with Gasteiger partial charge in [-0.1, -0.05) is 0 Å². The second-order valence-electron chi connectivity index (χ2n) is 4.39. The molecule has 0 aromatic heterocycles. The molecule has 2 unspecified atom stereocenters. The Labute approximate surface area is 94.6 Å². The summed E-state index contributed by atoms with van der Waals surface area (Å²) < 4.78 is 27.7. The molecular formula is C9H16N2O4S. The fraction of sp³-hybridized carbons (Fsp3) is 0.889. The van der Waals surface area contributed by atoms with Gasteiger partial charge in [0.15, 0.2) is 9.84 Å². The van der Waals surface area contributed by atoms with Gasteiger partial charge < -0.3 is 15.4 Å². The number of rotatable bonds is 2. The first-order chi connectivity index (χ1) is 7.52. The zero-order valence-corrected chi connectivity index (χ0v) is 9.78. The molecule has 0 spiro atoms. The van der Waals surface area contributed by atoms with Crippen molar-refractivity contribution in [2.75, 3.05) is 31.2 Å². The SMILES string of the molecule is NCC1COC(=O)N(C2CCS(=O)(=O)C2)C1. The van der Waals surface area contributed by atoms with Crippen LogP contribution in [0.25, 0.3) is 0 Å². The molecule has 2 aliphatic rings. The van der Waals surface area contributed by atoms with Crippen LogP contribution in [0.4, 0.5) is 4.79 Å². The topological polar surface area (TPSA) is 89.7 Å². The lowest BCUT2D eigenvalue weighted by Crippen LogP contribution is -2.50. The molecule has 0 aromatic rings. The molecule has 2 saturated heterocycles. The molecule has 2 rings (SSSR count). The maximum Gasteiger partial charge on any atom is 0.410 e. The lowest BCUT2D eigenvalue weighted by Gasteiger charge is -2.35. The van der Waals surface area contributed by atoms with Crippen LogP contribution in [0.3, 0.4) is 0 Å². The second kappa shape index (κ2) is 4.21. The summed E-state index contributed by atoms with van der Waals surface area (Å²) in [5, 5.41) is 0. The Bertz CT molecular complexity index is 381. The zero-order chi connectivity index (χ0) is 11.8. The van der Waals surface area contributed by atoms with E-state index in [4.69, 9.17) is 10.5 Å². The van der Waals surface area contributed by atoms with Crippen LogP contribution >= 0.6 is 0 Å². The summed E-state index contributed by atoms with van der Waals surface area (Å²) in [5.74, 6) is 0.328. The highest BCUT2D eigenvalue weighted by Crippen LogP contribution is 2.22. The van der Waals surface area contributed by atoms with E-state index >= 15 is 0 Å².